The average Bonchev–Trinajstić information content (AvgIpc) is 3.89. The predicted octanol–water partition coefficient (Wildman–Crippen LogP) is 15.8. The zero-order valence-corrected chi connectivity index (χ0v) is 33.8. The summed E-state index contributed by atoms with van der Waals surface area (Å²) in [4.78, 5) is 15.3. The van der Waals surface area contributed by atoms with Crippen molar-refractivity contribution in [2.45, 2.75) is 0 Å². The van der Waals surface area contributed by atoms with E-state index in [1.54, 1.807) is 0 Å². The molecule has 0 radical (unpaired) electrons. The van der Waals surface area contributed by atoms with E-state index >= 15 is 0 Å². The van der Waals surface area contributed by atoms with Crippen molar-refractivity contribution in [3.05, 3.63) is 200 Å². The van der Waals surface area contributed by atoms with Crippen molar-refractivity contribution in [2.24, 2.45) is 0 Å². The van der Waals surface area contributed by atoms with Gasteiger partial charge in [-0.25, -0.2) is 9.97 Å². The van der Waals surface area contributed by atoms with Gasteiger partial charge in [-0.1, -0.05) is 121 Å². The van der Waals surface area contributed by atoms with Crippen molar-refractivity contribution in [3.8, 4) is 67.3 Å². The van der Waals surface area contributed by atoms with Gasteiger partial charge in [-0.2, -0.15) is 0 Å². The van der Waals surface area contributed by atoms with Crippen molar-refractivity contribution in [1.29, 1.82) is 0 Å². The normalized spacial score (nSPS) is 11.7. The van der Waals surface area contributed by atoms with Crippen LogP contribution in [0.1, 0.15) is 0 Å². The minimum atomic E-state index is 0.666. The van der Waals surface area contributed by atoms with E-state index in [1.807, 2.05) is 41.1 Å². The third-order valence-corrected chi connectivity index (χ3v) is 13.9. The fourth-order valence-electron chi connectivity index (χ4n) is 8.67. The van der Waals surface area contributed by atoms with Crippen molar-refractivity contribution in [1.82, 2.24) is 15.0 Å². The first-order valence-corrected chi connectivity index (χ1v) is 21.7. The largest absolute Gasteiger partial charge is 0.264 e. The molecule has 4 heterocycles. The molecule has 280 valence electrons. The predicted molar refractivity (Wildman–Crippen MR) is 256 cm³/mol. The summed E-state index contributed by atoms with van der Waals surface area (Å²) >= 11 is 3.70. The Labute approximate surface area is 354 Å². The lowest BCUT2D eigenvalue weighted by Gasteiger charge is -2.15. The van der Waals surface area contributed by atoms with E-state index in [4.69, 9.17) is 9.97 Å². The van der Waals surface area contributed by atoms with Gasteiger partial charge < -0.3 is 0 Å². The van der Waals surface area contributed by atoms with Crippen LogP contribution in [0.15, 0.2) is 200 Å². The number of aromatic nitrogens is 3. The highest BCUT2D eigenvalue weighted by Gasteiger charge is 2.18. The Morgan fingerprint density at radius 3 is 1.55 bits per heavy atom. The molecular weight excluding hydrogens is 767 g/mol. The average molecular weight is 800 g/mol. The molecule has 5 heteroatoms. The van der Waals surface area contributed by atoms with Gasteiger partial charge in [0.15, 0.2) is 5.82 Å². The molecule has 0 atom stereocenters. The molecule has 0 fully saturated rings. The standard InChI is InChI=1S/C55H33N3S2/c1-2-14-41-34(11-1)12-9-19-43(41)50-32-49(57-55(58-50)46-18-4-3-15-42(46)37-13-10-26-56-33-37)40-28-38(35-22-24-53-47(30-35)44-16-5-7-20-51(44)59-53)27-39(29-40)36-23-25-54-48(31-36)45-17-6-8-21-52(45)60-54/h1-33H. The van der Waals surface area contributed by atoms with Crippen molar-refractivity contribution in [3.63, 3.8) is 0 Å². The fraction of sp³-hybridized carbons (Fsp3) is 0. The topological polar surface area (TPSA) is 38.7 Å². The van der Waals surface area contributed by atoms with Crippen LogP contribution in [-0.4, -0.2) is 15.0 Å². The van der Waals surface area contributed by atoms with Crippen LogP contribution < -0.4 is 0 Å². The minimum Gasteiger partial charge on any atom is -0.264 e. The molecule has 0 spiro atoms. The lowest BCUT2D eigenvalue weighted by molar-refractivity contribution is 1.18. The van der Waals surface area contributed by atoms with Gasteiger partial charge in [0.2, 0.25) is 0 Å². The van der Waals surface area contributed by atoms with E-state index in [0.717, 1.165) is 55.7 Å². The van der Waals surface area contributed by atoms with Crippen LogP contribution in [0.2, 0.25) is 0 Å². The zero-order chi connectivity index (χ0) is 39.6. The van der Waals surface area contributed by atoms with Crippen LogP contribution in [0.3, 0.4) is 0 Å². The second-order valence-corrected chi connectivity index (χ2v) is 17.4. The van der Waals surface area contributed by atoms with Crippen molar-refractivity contribution in [2.75, 3.05) is 0 Å². The van der Waals surface area contributed by atoms with Gasteiger partial charge in [-0.3, -0.25) is 4.98 Å². The summed E-state index contributed by atoms with van der Waals surface area (Å²) in [6.07, 6.45) is 3.72. The smallest absolute Gasteiger partial charge is 0.161 e. The van der Waals surface area contributed by atoms with Gasteiger partial charge in [-0.15, -0.1) is 22.7 Å². The minimum absolute atomic E-state index is 0.666. The van der Waals surface area contributed by atoms with Gasteiger partial charge in [0.05, 0.1) is 11.4 Å². The molecule has 0 saturated heterocycles. The summed E-state index contributed by atoms with van der Waals surface area (Å²) in [5, 5.41) is 7.46. The van der Waals surface area contributed by atoms with Crippen LogP contribution in [0.25, 0.3) is 118 Å². The Hall–Kier alpha value is -7.31. The maximum absolute atomic E-state index is 5.47. The molecular formula is C55H33N3S2. The fourth-order valence-corrected chi connectivity index (χ4v) is 10.8. The molecule has 0 saturated carbocycles. The Balaban J connectivity index is 1.12. The SMILES string of the molecule is c1cncc(-c2ccccc2-c2nc(-c3cc(-c4ccc5sc6ccccc6c5c4)cc(-c4ccc5sc6ccccc6c5c4)c3)cc(-c3cccc4ccccc34)n2)c1. The van der Waals surface area contributed by atoms with Crippen LogP contribution in [0.4, 0.5) is 0 Å². The Kier molecular flexibility index (Phi) is 8.22. The number of hydrogen-bond donors (Lipinski definition) is 0. The third kappa shape index (κ3) is 5.98. The third-order valence-electron chi connectivity index (χ3n) is 11.6. The number of benzene rings is 8. The number of fused-ring (bicyclic) bond motifs is 7. The molecule has 0 unspecified atom stereocenters. The Bertz CT molecular complexity index is 3480. The first-order valence-electron chi connectivity index (χ1n) is 20.1. The second-order valence-electron chi connectivity index (χ2n) is 15.2. The quantitative estimate of drug-likeness (QED) is 0.168. The van der Waals surface area contributed by atoms with Crippen molar-refractivity contribution < 1.29 is 0 Å². The molecule has 0 aliphatic rings. The zero-order valence-electron chi connectivity index (χ0n) is 32.2. The van der Waals surface area contributed by atoms with E-state index in [2.05, 4.69) is 187 Å². The van der Waals surface area contributed by atoms with Gasteiger partial charge in [0, 0.05) is 75.0 Å². The van der Waals surface area contributed by atoms with Crippen LogP contribution in [-0.2, 0) is 0 Å². The maximum atomic E-state index is 5.47. The lowest BCUT2D eigenvalue weighted by atomic mass is 9.93. The summed E-state index contributed by atoms with van der Waals surface area (Å²) in [5.74, 6) is 0.666. The van der Waals surface area contributed by atoms with E-state index in [0.29, 0.717) is 5.82 Å². The van der Waals surface area contributed by atoms with E-state index < -0.39 is 0 Å². The van der Waals surface area contributed by atoms with E-state index in [1.165, 1.54) is 56.9 Å². The first-order chi connectivity index (χ1) is 29.7. The van der Waals surface area contributed by atoms with Crippen LogP contribution in [0, 0.1) is 0 Å². The summed E-state index contributed by atoms with van der Waals surface area (Å²) < 4.78 is 5.19. The molecule has 12 aromatic rings. The van der Waals surface area contributed by atoms with Gasteiger partial charge in [0.1, 0.15) is 0 Å². The van der Waals surface area contributed by atoms with E-state index in [-0.39, 0.29) is 0 Å². The molecule has 0 aliphatic heterocycles. The molecule has 0 bridgehead atoms. The number of hydrogen-bond acceptors (Lipinski definition) is 5. The van der Waals surface area contributed by atoms with E-state index in [9.17, 15) is 0 Å². The molecule has 60 heavy (non-hydrogen) atoms. The Morgan fingerprint density at radius 2 is 0.867 bits per heavy atom. The summed E-state index contributed by atoms with van der Waals surface area (Å²) in [7, 11) is 0. The Morgan fingerprint density at radius 1 is 0.317 bits per heavy atom. The summed E-state index contributed by atoms with van der Waals surface area (Å²) in [6.45, 7) is 0. The summed E-state index contributed by atoms with van der Waals surface area (Å²) in [6, 6.07) is 67.9. The van der Waals surface area contributed by atoms with Crippen LogP contribution >= 0.6 is 22.7 Å². The highest BCUT2D eigenvalue weighted by Crippen LogP contribution is 2.42. The monoisotopic (exact) mass is 799 g/mol. The summed E-state index contributed by atoms with van der Waals surface area (Å²) in [5.41, 5.74) is 11.4. The van der Waals surface area contributed by atoms with Crippen LogP contribution in [0.5, 0.6) is 0 Å². The number of nitrogens with zero attached hydrogens (tertiary/aromatic N) is 3. The number of thiophene rings is 2. The maximum Gasteiger partial charge on any atom is 0.161 e. The molecule has 12 rings (SSSR count). The van der Waals surface area contributed by atoms with Crippen molar-refractivity contribution >= 4 is 73.8 Å². The first kappa shape index (κ1) is 34.7. The molecule has 4 aromatic heterocycles. The highest BCUT2D eigenvalue weighted by atomic mass is 32.1. The van der Waals surface area contributed by atoms with Gasteiger partial charge in [-0.05, 0) is 105 Å². The molecule has 8 aromatic carbocycles. The molecule has 0 amide bonds. The van der Waals surface area contributed by atoms with Gasteiger partial charge in [0.25, 0.3) is 0 Å². The molecule has 0 aliphatic carbocycles. The number of pyridine rings is 1. The van der Waals surface area contributed by atoms with Gasteiger partial charge >= 0.3 is 0 Å². The number of rotatable bonds is 6. The second kappa shape index (κ2) is 14.2. The molecule has 3 nitrogen and oxygen atoms in total. The lowest BCUT2D eigenvalue weighted by Crippen LogP contribution is -1.98. The highest BCUT2D eigenvalue weighted by molar-refractivity contribution is 7.26. The molecule has 0 N–H and O–H groups in total.